The van der Waals surface area contributed by atoms with E-state index in [-0.39, 0.29) is 0 Å². The normalized spacial score (nSPS) is 11.0. The number of rotatable bonds is 0. The highest BCUT2D eigenvalue weighted by atomic mass is 35.5. The fourth-order valence-electron chi connectivity index (χ4n) is 1.81. The number of hydrogen-bond acceptors (Lipinski definition) is 0. The first-order valence-electron chi connectivity index (χ1n) is 4.82. The fraction of sp³-hybridized carbons (Fsp3) is 0. The minimum Gasteiger partial charge on any atom is -0.167 e. The molecule has 0 aliphatic carbocycles. The van der Waals surface area contributed by atoms with Crippen LogP contribution in [0.3, 0.4) is 0 Å². The zero-order chi connectivity index (χ0) is 10.3. The van der Waals surface area contributed by atoms with E-state index in [4.69, 9.17) is 11.6 Å². The maximum absolute atomic E-state index is 5.96. The molecule has 0 fully saturated rings. The molecule has 0 aliphatic rings. The molecule has 0 atom stereocenters. The van der Waals surface area contributed by atoms with Gasteiger partial charge in [-0.3, -0.25) is 0 Å². The SMILES string of the molecule is Clc1ccc2c[n+]3ccccc3cc2c1. The Bertz CT molecular complexity index is 646. The smallest absolute Gasteiger partial charge is 0.167 e. The Balaban J connectivity index is 2.47. The second kappa shape index (κ2) is 3.21. The first kappa shape index (κ1) is 8.69. The van der Waals surface area contributed by atoms with E-state index in [0.717, 1.165) is 5.02 Å². The van der Waals surface area contributed by atoms with Gasteiger partial charge in [-0.1, -0.05) is 11.6 Å². The summed E-state index contributed by atoms with van der Waals surface area (Å²) in [7, 11) is 0. The van der Waals surface area contributed by atoms with Crippen molar-refractivity contribution in [2.75, 3.05) is 0 Å². The molecule has 15 heavy (non-hydrogen) atoms. The Morgan fingerprint density at radius 3 is 2.80 bits per heavy atom. The summed E-state index contributed by atoms with van der Waals surface area (Å²) < 4.78 is 2.11. The summed E-state index contributed by atoms with van der Waals surface area (Å²) in [6.07, 6.45) is 4.16. The Labute approximate surface area is 92.5 Å². The average molecular weight is 215 g/mol. The lowest BCUT2D eigenvalue weighted by atomic mass is 10.1. The maximum atomic E-state index is 5.96. The Morgan fingerprint density at radius 1 is 0.933 bits per heavy atom. The van der Waals surface area contributed by atoms with E-state index >= 15 is 0 Å². The molecule has 2 heterocycles. The van der Waals surface area contributed by atoms with Crippen LogP contribution in [0.25, 0.3) is 16.3 Å². The van der Waals surface area contributed by atoms with Crippen LogP contribution in [0.4, 0.5) is 0 Å². The van der Waals surface area contributed by atoms with Crippen LogP contribution in [0, 0.1) is 0 Å². The molecule has 0 bridgehead atoms. The maximum Gasteiger partial charge on any atom is 0.211 e. The summed E-state index contributed by atoms with van der Waals surface area (Å²) >= 11 is 5.96. The third-order valence-corrected chi connectivity index (χ3v) is 2.79. The van der Waals surface area contributed by atoms with Crippen LogP contribution in [0.5, 0.6) is 0 Å². The minimum absolute atomic E-state index is 0.780. The van der Waals surface area contributed by atoms with Crippen molar-refractivity contribution < 1.29 is 4.40 Å². The van der Waals surface area contributed by atoms with Gasteiger partial charge in [0.05, 0.1) is 0 Å². The Morgan fingerprint density at radius 2 is 1.87 bits per heavy atom. The minimum atomic E-state index is 0.780. The van der Waals surface area contributed by atoms with Crippen LogP contribution in [0.1, 0.15) is 0 Å². The van der Waals surface area contributed by atoms with Gasteiger partial charge in [0.2, 0.25) is 5.52 Å². The molecule has 0 aliphatic heterocycles. The van der Waals surface area contributed by atoms with Crippen molar-refractivity contribution in [3.63, 3.8) is 0 Å². The Kier molecular flexibility index (Phi) is 1.86. The van der Waals surface area contributed by atoms with E-state index in [1.54, 1.807) is 0 Å². The van der Waals surface area contributed by atoms with Crippen LogP contribution >= 0.6 is 11.6 Å². The number of aromatic nitrogens is 1. The van der Waals surface area contributed by atoms with E-state index < -0.39 is 0 Å². The molecule has 2 heteroatoms. The molecule has 0 saturated heterocycles. The van der Waals surface area contributed by atoms with Gasteiger partial charge >= 0.3 is 0 Å². The van der Waals surface area contributed by atoms with Gasteiger partial charge in [-0.05, 0) is 29.7 Å². The third-order valence-electron chi connectivity index (χ3n) is 2.55. The molecule has 1 nitrogen and oxygen atoms in total. The van der Waals surface area contributed by atoms with Crippen LogP contribution in [0.15, 0.2) is 54.9 Å². The number of pyridine rings is 2. The van der Waals surface area contributed by atoms with Gasteiger partial charge in [0.25, 0.3) is 0 Å². The summed E-state index contributed by atoms with van der Waals surface area (Å²) in [5, 5.41) is 3.15. The largest absolute Gasteiger partial charge is 0.211 e. The van der Waals surface area contributed by atoms with Crippen molar-refractivity contribution in [2.24, 2.45) is 0 Å². The lowest BCUT2D eigenvalue weighted by molar-refractivity contribution is -0.510. The van der Waals surface area contributed by atoms with Crippen LogP contribution in [-0.4, -0.2) is 0 Å². The summed E-state index contributed by atoms with van der Waals surface area (Å²) in [4.78, 5) is 0. The molecule has 3 rings (SSSR count). The topological polar surface area (TPSA) is 4.10 Å². The summed E-state index contributed by atoms with van der Waals surface area (Å²) in [6, 6.07) is 14.2. The van der Waals surface area contributed by atoms with Crippen molar-refractivity contribution in [1.29, 1.82) is 0 Å². The van der Waals surface area contributed by atoms with Crippen molar-refractivity contribution in [2.45, 2.75) is 0 Å². The van der Waals surface area contributed by atoms with E-state index in [0.29, 0.717) is 0 Å². The molecule has 2 aromatic heterocycles. The highest BCUT2D eigenvalue weighted by molar-refractivity contribution is 6.31. The van der Waals surface area contributed by atoms with Gasteiger partial charge in [-0.2, -0.15) is 4.40 Å². The molecule has 72 valence electrons. The molecule has 0 N–H and O–H groups in total. The first-order valence-corrected chi connectivity index (χ1v) is 5.20. The quantitative estimate of drug-likeness (QED) is 0.400. The molecule has 0 saturated carbocycles. The molecule has 0 spiro atoms. The number of fused-ring (bicyclic) bond motifs is 2. The van der Waals surface area contributed by atoms with Gasteiger partial charge in [-0.25, -0.2) is 0 Å². The summed E-state index contributed by atoms with van der Waals surface area (Å²) in [5.41, 5.74) is 1.17. The van der Waals surface area contributed by atoms with E-state index in [1.807, 2.05) is 36.5 Å². The van der Waals surface area contributed by atoms with Crippen LogP contribution < -0.4 is 4.40 Å². The highest BCUT2D eigenvalue weighted by Crippen LogP contribution is 2.18. The highest BCUT2D eigenvalue weighted by Gasteiger charge is 2.03. The number of halogens is 1. The number of benzene rings is 1. The number of hydrogen-bond donors (Lipinski definition) is 0. The lowest BCUT2D eigenvalue weighted by Crippen LogP contribution is -2.19. The van der Waals surface area contributed by atoms with Crippen molar-refractivity contribution in [1.82, 2.24) is 0 Å². The molecule has 1 aromatic carbocycles. The van der Waals surface area contributed by atoms with Gasteiger partial charge < -0.3 is 0 Å². The van der Waals surface area contributed by atoms with Gasteiger partial charge in [0, 0.05) is 28.6 Å². The van der Waals surface area contributed by atoms with E-state index in [1.165, 1.54) is 16.3 Å². The first-order chi connectivity index (χ1) is 7.33. The molecular weight excluding hydrogens is 206 g/mol. The predicted molar refractivity (Wildman–Crippen MR) is 62.1 cm³/mol. The number of nitrogens with zero attached hydrogens (tertiary/aromatic N) is 1. The molecule has 0 unspecified atom stereocenters. The van der Waals surface area contributed by atoms with Gasteiger partial charge in [-0.15, -0.1) is 0 Å². The molecular formula is C13H9ClN+. The third kappa shape index (κ3) is 1.45. The van der Waals surface area contributed by atoms with Crippen molar-refractivity contribution in [3.8, 4) is 0 Å². The Hall–Kier alpha value is -1.60. The van der Waals surface area contributed by atoms with E-state index in [9.17, 15) is 0 Å². The molecule has 0 amide bonds. The van der Waals surface area contributed by atoms with E-state index in [2.05, 4.69) is 22.7 Å². The zero-order valence-electron chi connectivity index (χ0n) is 8.02. The van der Waals surface area contributed by atoms with Crippen molar-refractivity contribution in [3.05, 3.63) is 59.9 Å². The van der Waals surface area contributed by atoms with Gasteiger partial charge in [0.1, 0.15) is 0 Å². The summed E-state index contributed by atoms with van der Waals surface area (Å²) in [5.74, 6) is 0. The van der Waals surface area contributed by atoms with Gasteiger partial charge in [0.15, 0.2) is 12.4 Å². The standard InChI is InChI=1S/C13H9ClN/c14-12-5-4-10-9-15-6-2-1-3-13(15)8-11(10)7-12/h1-9H/q+1. The monoisotopic (exact) mass is 214 g/mol. The second-order valence-corrected chi connectivity index (χ2v) is 4.02. The fourth-order valence-corrected chi connectivity index (χ4v) is 1.99. The van der Waals surface area contributed by atoms with Crippen LogP contribution in [0.2, 0.25) is 5.02 Å². The average Bonchev–Trinajstić information content (AvgIpc) is 2.26. The molecule has 0 radical (unpaired) electrons. The zero-order valence-corrected chi connectivity index (χ0v) is 8.78. The lowest BCUT2D eigenvalue weighted by Gasteiger charge is -1.97. The summed E-state index contributed by atoms with van der Waals surface area (Å²) in [6.45, 7) is 0. The molecule has 3 aromatic rings. The second-order valence-electron chi connectivity index (χ2n) is 3.58. The van der Waals surface area contributed by atoms with Crippen molar-refractivity contribution >= 4 is 27.9 Å². The van der Waals surface area contributed by atoms with Crippen LogP contribution in [-0.2, 0) is 0 Å². The predicted octanol–water partition coefficient (Wildman–Crippen LogP) is 3.23.